The van der Waals surface area contributed by atoms with E-state index >= 15 is 0 Å². The fourth-order valence-electron chi connectivity index (χ4n) is 2.73. The molecule has 0 atom stereocenters. The first kappa shape index (κ1) is 16.0. The molecule has 0 aliphatic heterocycles. The Bertz CT molecular complexity index is 1120. The predicted octanol–water partition coefficient (Wildman–Crippen LogP) is 5.03. The first-order valence-corrected chi connectivity index (χ1v) is 10.1. The van der Waals surface area contributed by atoms with Crippen molar-refractivity contribution < 1.29 is 8.42 Å². The maximum atomic E-state index is 12.9. The van der Waals surface area contributed by atoms with Crippen molar-refractivity contribution in [3.8, 4) is 0 Å². The molecule has 0 aliphatic carbocycles. The van der Waals surface area contributed by atoms with Gasteiger partial charge in [0.05, 0.1) is 10.4 Å². The number of aromatic nitrogens is 1. The lowest BCUT2D eigenvalue weighted by Gasteiger charge is -2.08. The van der Waals surface area contributed by atoms with E-state index in [0.29, 0.717) is 5.52 Å². The summed E-state index contributed by atoms with van der Waals surface area (Å²) in [6.45, 7) is 0. The van der Waals surface area contributed by atoms with E-state index < -0.39 is 10.0 Å². The minimum Gasteiger partial charge on any atom is -0.241 e. The van der Waals surface area contributed by atoms with Gasteiger partial charge in [-0.15, -0.1) is 0 Å². The molecule has 1 heterocycles. The van der Waals surface area contributed by atoms with Crippen LogP contribution < -0.4 is 0 Å². The van der Waals surface area contributed by atoms with E-state index in [0.717, 1.165) is 15.2 Å². The van der Waals surface area contributed by atoms with Crippen LogP contribution in [0.1, 0.15) is 0 Å². The van der Waals surface area contributed by atoms with Crippen LogP contribution in [0.3, 0.4) is 0 Å². The van der Waals surface area contributed by atoms with E-state index in [1.165, 1.54) is 3.97 Å². The Labute approximate surface area is 151 Å². The zero-order valence-corrected chi connectivity index (χ0v) is 14.9. The van der Waals surface area contributed by atoms with Gasteiger partial charge in [0.2, 0.25) is 0 Å². The van der Waals surface area contributed by atoms with Crippen LogP contribution in [-0.4, -0.2) is 12.4 Å². The number of hydrogen-bond donors (Lipinski definition) is 0. The van der Waals surface area contributed by atoms with E-state index in [1.54, 1.807) is 48.3 Å². The Balaban J connectivity index is 1.82. The third-order valence-corrected chi connectivity index (χ3v) is 6.72. The molecule has 4 rings (SSSR count). The number of hydrogen-bond acceptors (Lipinski definition) is 3. The molecule has 0 bridgehead atoms. The summed E-state index contributed by atoms with van der Waals surface area (Å²) in [5.74, 6) is 0. The van der Waals surface area contributed by atoms with Crippen LogP contribution in [0.25, 0.3) is 10.9 Å². The third-order valence-electron chi connectivity index (χ3n) is 3.93. The summed E-state index contributed by atoms with van der Waals surface area (Å²) >= 11 is 1.63. The Morgan fingerprint density at radius 3 is 2.12 bits per heavy atom. The van der Waals surface area contributed by atoms with Gasteiger partial charge in [0, 0.05) is 21.4 Å². The highest BCUT2D eigenvalue weighted by atomic mass is 32.2. The molecule has 0 saturated carbocycles. The molecule has 0 spiro atoms. The summed E-state index contributed by atoms with van der Waals surface area (Å²) in [7, 11) is -3.60. The maximum absolute atomic E-state index is 12.9. The lowest BCUT2D eigenvalue weighted by Crippen LogP contribution is -2.11. The Kier molecular flexibility index (Phi) is 4.11. The quantitative estimate of drug-likeness (QED) is 0.509. The van der Waals surface area contributed by atoms with Gasteiger partial charge in [0.1, 0.15) is 0 Å². The van der Waals surface area contributed by atoms with Gasteiger partial charge >= 0.3 is 0 Å². The lowest BCUT2D eigenvalue weighted by atomic mass is 10.2. The van der Waals surface area contributed by atoms with Gasteiger partial charge in [-0.05, 0) is 42.5 Å². The van der Waals surface area contributed by atoms with Crippen molar-refractivity contribution in [3.63, 3.8) is 0 Å². The second-order valence-electron chi connectivity index (χ2n) is 5.53. The monoisotopic (exact) mass is 365 g/mol. The molecule has 0 unspecified atom stereocenters. The van der Waals surface area contributed by atoms with Crippen LogP contribution in [0, 0.1) is 0 Å². The standard InChI is InChI=1S/C20H15NO2S2/c22-25(23,17-10-5-2-6-11-17)21-15-14-18-19(21)12-7-13-20(18)24-16-8-3-1-4-9-16/h1-15H. The molecule has 0 amide bonds. The molecule has 25 heavy (non-hydrogen) atoms. The molecule has 0 saturated heterocycles. The normalized spacial score (nSPS) is 11.7. The van der Waals surface area contributed by atoms with Crippen LogP contribution in [0.15, 0.2) is 106 Å². The van der Waals surface area contributed by atoms with Crippen molar-refractivity contribution in [1.82, 2.24) is 3.97 Å². The molecule has 0 radical (unpaired) electrons. The first-order valence-electron chi connectivity index (χ1n) is 7.80. The highest BCUT2D eigenvalue weighted by Crippen LogP contribution is 2.34. The summed E-state index contributed by atoms with van der Waals surface area (Å²) in [5.41, 5.74) is 0.685. The van der Waals surface area contributed by atoms with Gasteiger partial charge < -0.3 is 0 Å². The van der Waals surface area contributed by atoms with E-state index in [1.807, 2.05) is 54.6 Å². The molecular formula is C20H15NO2S2. The second kappa shape index (κ2) is 6.43. The summed E-state index contributed by atoms with van der Waals surface area (Å²) < 4.78 is 27.2. The van der Waals surface area contributed by atoms with Crippen molar-refractivity contribution >= 4 is 32.7 Å². The molecule has 124 valence electrons. The summed E-state index contributed by atoms with van der Waals surface area (Å²) in [6.07, 6.45) is 1.63. The smallest absolute Gasteiger partial charge is 0.241 e. The first-order chi connectivity index (χ1) is 12.2. The molecule has 5 heteroatoms. The van der Waals surface area contributed by atoms with Crippen molar-refractivity contribution in [3.05, 3.63) is 91.1 Å². The molecule has 0 aliphatic rings. The van der Waals surface area contributed by atoms with Gasteiger partial charge in [-0.25, -0.2) is 12.4 Å². The predicted molar refractivity (Wildman–Crippen MR) is 102 cm³/mol. The Morgan fingerprint density at radius 2 is 1.40 bits per heavy atom. The minimum atomic E-state index is -3.60. The van der Waals surface area contributed by atoms with Crippen LogP contribution in [0.5, 0.6) is 0 Å². The molecule has 4 aromatic rings. The second-order valence-corrected chi connectivity index (χ2v) is 8.46. The zero-order valence-electron chi connectivity index (χ0n) is 13.2. The van der Waals surface area contributed by atoms with Crippen LogP contribution in [-0.2, 0) is 10.0 Å². The largest absolute Gasteiger partial charge is 0.268 e. The Morgan fingerprint density at radius 1 is 0.720 bits per heavy atom. The number of rotatable bonds is 4. The molecular weight excluding hydrogens is 350 g/mol. The summed E-state index contributed by atoms with van der Waals surface area (Å²) in [4.78, 5) is 2.44. The van der Waals surface area contributed by atoms with E-state index in [2.05, 4.69) is 0 Å². The average molecular weight is 365 g/mol. The maximum Gasteiger partial charge on any atom is 0.268 e. The molecule has 1 aromatic heterocycles. The van der Waals surface area contributed by atoms with Gasteiger partial charge in [0.15, 0.2) is 0 Å². The lowest BCUT2D eigenvalue weighted by molar-refractivity contribution is 0.589. The van der Waals surface area contributed by atoms with Crippen molar-refractivity contribution in [2.75, 3.05) is 0 Å². The highest BCUT2D eigenvalue weighted by Gasteiger charge is 2.19. The molecule has 0 fully saturated rings. The van der Waals surface area contributed by atoms with Crippen LogP contribution in [0.4, 0.5) is 0 Å². The third kappa shape index (κ3) is 2.97. The minimum absolute atomic E-state index is 0.286. The molecule has 3 nitrogen and oxygen atoms in total. The highest BCUT2D eigenvalue weighted by molar-refractivity contribution is 7.99. The topological polar surface area (TPSA) is 39.1 Å². The zero-order chi connectivity index (χ0) is 17.3. The van der Waals surface area contributed by atoms with E-state index in [-0.39, 0.29) is 4.90 Å². The fourth-order valence-corrected chi connectivity index (χ4v) is 5.08. The Hall–Kier alpha value is -2.50. The summed E-state index contributed by atoms with van der Waals surface area (Å²) in [5, 5.41) is 0.927. The van der Waals surface area contributed by atoms with Gasteiger partial charge in [-0.2, -0.15) is 0 Å². The van der Waals surface area contributed by atoms with E-state index in [9.17, 15) is 8.42 Å². The van der Waals surface area contributed by atoms with Crippen LogP contribution in [0.2, 0.25) is 0 Å². The molecule has 3 aromatic carbocycles. The van der Waals surface area contributed by atoms with Gasteiger partial charge in [0.25, 0.3) is 10.0 Å². The van der Waals surface area contributed by atoms with E-state index in [4.69, 9.17) is 0 Å². The van der Waals surface area contributed by atoms with Gasteiger partial charge in [-0.3, -0.25) is 0 Å². The average Bonchev–Trinajstić information content (AvgIpc) is 3.09. The number of nitrogens with zero attached hydrogens (tertiary/aromatic N) is 1. The van der Waals surface area contributed by atoms with Crippen molar-refractivity contribution in [2.24, 2.45) is 0 Å². The summed E-state index contributed by atoms with van der Waals surface area (Å²) in [6, 6.07) is 26.2. The van der Waals surface area contributed by atoms with Crippen molar-refractivity contribution in [1.29, 1.82) is 0 Å². The number of benzene rings is 3. The number of fused-ring (bicyclic) bond motifs is 1. The fraction of sp³-hybridized carbons (Fsp3) is 0. The van der Waals surface area contributed by atoms with Crippen LogP contribution >= 0.6 is 11.8 Å². The molecule has 0 N–H and O–H groups in total. The van der Waals surface area contributed by atoms with Gasteiger partial charge in [-0.1, -0.05) is 54.2 Å². The SMILES string of the molecule is O=S(=O)(c1ccccc1)n1ccc2c(Sc3ccccc3)cccc21. The van der Waals surface area contributed by atoms with Crippen molar-refractivity contribution in [2.45, 2.75) is 14.7 Å².